The molecule has 4 heterocycles. The van der Waals surface area contributed by atoms with Gasteiger partial charge in [0.1, 0.15) is 23.0 Å². The summed E-state index contributed by atoms with van der Waals surface area (Å²) in [5.74, 6) is 1.02. The zero-order valence-corrected chi connectivity index (χ0v) is 18.0. The highest BCUT2D eigenvalue weighted by atomic mass is 19.4. The number of hydrogen-bond acceptors (Lipinski definition) is 8. The molecule has 0 aromatic carbocycles. The van der Waals surface area contributed by atoms with Crippen molar-refractivity contribution in [2.75, 3.05) is 0 Å². The van der Waals surface area contributed by atoms with Crippen molar-refractivity contribution in [2.24, 2.45) is 0 Å². The van der Waals surface area contributed by atoms with Crippen LogP contribution in [0.3, 0.4) is 0 Å². The van der Waals surface area contributed by atoms with Gasteiger partial charge in [0.25, 0.3) is 5.56 Å². The van der Waals surface area contributed by atoms with Gasteiger partial charge in [-0.05, 0) is 31.4 Å². The molecular weight excluding hydrogens is 453 g/mol. The Morgan fingerprint density at radius 2 is 2.03 bits per heavy atom. The lowest BCUT2D eigenvalue weighted by molar-refractivity contribution is -0.141. The average molecular weight is 470 g/mol. The summed E-state index contributed by atoms with van der Waals surface area (Å²) >= 11 is 0. The second kappa shape index (κ2) is 7.75. The summed E-state index contributed by atoms with van der Waals surface area (Å²) in [6, 6.07) is 3.41. The highest BCUT2D eigenvalue weighted by Crippen LogP contribution is 2.47. The molecule has 0 saturated heterocycles. The van der Waals surface area contributed by atoms with E-state index >= 15 is 0 Å². The van der Waals surface area contributed by atoms with E-state index < -0.39 is 23.5 Å². The number of fused-ring (bicyclic) bond motifs is 1. The zero-order chi connectivity index (χ0) is 24.2. The van der Waals surface area contributed by atoms with Gasteiger partial charge in [0.15, 0.2) is 11.3 Å². The molecule has 34 heavy (non-hydrogen) atoms. The number of alkyl halides is 3. The zero-order valence-electron chi connectivity index (χ0n) is 18.0. The fourth-order valence-electron chi connectivity index (χ4n) is 4.13. The number of pyridine rings is 1. The quantitative estimate of drug-likeness (QED) is 0.479. The Labute approximate surface area is 189 Å². The number of nitriles is 1. The van der Waals surface area contributed by atoms with Gasteiger partial charge in [-0.3, -0.25) is 9.78 Å². The molecule has 4 aromatic heterocycles. The smallest absolute Gasteiger partial charge is 0.425 e. The number of aryl methyl sites for hydroxylation is 1. The maximum absolute atomic E-state index is 12.9. The Bertz CT molecular complexity index is 1480. The summed E-state index contributed by atoms with van der Waals surface area (Å²) in [4.78, 5) is 23.8. The van der Waals surface area contributed by atoms with Crippen LogP contribution in [0.2, 0.25) is 0 Å². The third-order valence-electron chi connectivity index (χ3n) is 6.10. The maximum atomic E-state index is 12.9. The van der Waals surface area contributed by atoms with E-state index in [2.05, 4.69) is 30.2 Å². The number of aromatic amines is 1. The number of H-pyrrole nitrogens is 1. The van der Waals surface area contributed by atoms with Crippen LogP contribution >= 0.6 is 0 Å². The second-order valence-corrected chi connectivity index (χ2v) is 8.15. The lowest BCUT2D eigenvalue weighted by Gasteiger charge is -2.32. The van der Waals surface area contributed by atoms with Crippen LogP contribution in [0.4, 0.5) is 13.2 Å². The number of nitrogens with one attached hydrogen (secondary N) is 1. The van der Waals surface area contributed by atoms with Crippen LogP contribution < -0.4 is 5.56 Å². The number of rotatable bonds is 4. The van der Waals surface area contributed by atoms with E-state index in [1.165, 1.54) is 10.7 Å². The molecule has 0 amide bonds. The van der Waals surface area contributed by atoms with E-state index in [4.69, 9.17) is 4.42 Å². The first kappa shape index (κ1) is 21.7. The van der Waals surface area contributed by atoms with Crippen molar-refractivity contribution in [2.45, 2.75) is 50.7 Å². The molecule has 0 spiro atoms. The summed E-state index contributed by atoms with van der Waals surface area (Å²) in [7, 11) is 0. The van der Waals surface area contributed by atoms with E-state index in [-0.39, 0.29) is 28.6 Å². The molecular formula is C21H17F3N8O2. The number of nitrogens with zero attached hydrogens (tertiary/aromatic N) is 7. The summed E-state index contributed by atoms with van der Waals surface area (Å²) < 4.78 is 45.5. The van der Waals surface area contributed by atoms with E-state index in [9.17, 15) is 23.2 Å². The van der Waals surface area contributed by atoms with Crippen LogP contribution in [0, 0.1) is 18.3 Å². The van der Waals surface area contributed by atoms with Crippen molar-refractivity contribution in [1.82, 2.24) is 34.9 Å². The third kappa shape index (κ3) is 3.51. The molecule has 174 valence electrons. The molecule has 10 nitrogen and oxygen atoms in total. The van der Waals surface area contributed by atoms with Crippen molar-refractivity contribution in [3.8, 4) is 6.07 Å². The Balaban J connectivity index is 1.57. The number of aromatic nitrogens is 7. The number of halogens is 3. The minimum absolute atomic E-state index is 0.0162. The van der Waals surface area contributed by atoms with Crippen LogP contribution in [0.25, 0.3) is 11.0 Å². The Kier molecular flexibility index (Phi) is 4.96. The van der Waals surface area contributed by atoms with Crippen LogP contribution in [-0.2, 0) is 6.18 Å². The molecule has 3 atom stereocenters. The fourth-order valence-corrected chi connectivity index (χ4v) is 4.13. The summed E-state index contributed by atoms with van der Waals surface area (Å²) in [6.07, 6.45) is -1.95. The first-order valence-electron chi connectivity index (χ1n) is 10.4. The van der Waals surface area contributed by atoms with Crippen molar-refractivity contribution >= 4 is 11.0 Å². The molecule has 1 N–H and O–H groups in total. The molecule has 13 heteroatoms. The first-order chi connectivity index (χ1) is 16.2. The summed E-state index contributed by atoms with van der Waals surface area (Å²) in [5.41, 5.74) is -1.09. The minimum atomic E-state index is -4.56. The van der Waals surface area contributed by atoms with Gasteiger partial charge in [-0.2, -0.15) is 23.5 Å². The predicted octanol–water partition coefficient (Wildman–Crippen LogP) is 3.37. The van der Waals surface area contributed by atoms with Crippen molar-refractivity contribution in [3.63, 3.8) is 0 Å². The lowest BCUT2D eigenvalue weighted by atomic mass is 9.73. The first-order valence-corrected chi connectivity index (χ1v) is 10.4. The van der Waals surface area contributed by atoms with Gasteiger partial charge in [-0.1, -0.05) is 6.07 Å². The van der Waals surface area contributed by atoms with Gasteiger partial charge in [-0.15, -0.1) is 10.2 Å². The van der Waals surface area contributed by atoms with E-state index in [0.717, 1.165) is 25.1 Å². The largest absolute Gasteiger partial charge is 0.433 e. The predicted molar refractivity (Wildman–Crippen MR) is 110 cm³/mol. The molecule has 1 fully saturated rings. The molecule has 5 rings (SSSR count). The van der Waals surface area contributed by atoms with Gasteiger partial charge >= 0.3 is 6.18 Å². The molecule has 1 aliphatic carbocycles. The fraction of sp³-hybridized carbons (Fsp3) is 0.381. The van der Waals surface area contributed by atoms with E-state index in [1.807, 2.05) is 6.07 Å². The standard InChI is InChI=1S/C21H17F3N8O2/c1-9(11-3-6-15(26-8-11)21(22,23)24)32-18-16(14(7-25)31-32)19(33)28-17(27-18)12-4-5-13(12)20-30-29-10(2)34-20/h3,6,8-9,12-13H,4-5H2,1-2H3,(H,27,28,33)/t9-,12+,13+/m1/s1. The van der Waals surface area contributed by atoms with Crippen LogP contribution in [-0.4, -0.2) is 34.9 Å². The molecule has 0 radical (unpaired) electrons. The number of hydrogen-bond donors (Lipinski definition) is 1. The average Bonchev–Trinajstić information content (AvgIpc) is 3.35. The van der Waals surface area contributed by atoms with Crippen LogP contribution in [0.15, 0.2) is 27.5 Å². The van der Waals surface area contributed by atoms with Gasteiger partial charge < -0.3 is 9.40 Å². The van der Waals surface area contributed by atoms with E-state index in [1.54, 1.807) is 13.8 Å². The topological polar surface area (TPSA) is 139 Å². The van der Waals surface area contributed by atoms with Crippen LogP contribution in [0.5, 0.6) is 0 Å². The van der Waals surface area contributed by atoms with Gasteiger partial charge in [0.2, 0.25) is 11.8 Å². The molecule has 1 saturated carbocycles. The van der Waals surface area contributed by atoms with Crippen molar-refractivity contribution in [3.05, 3.63) is 63.2 Å². The summed E-state index contributed by atoms with van der Waals surface area (Å²) in [6.45, 7) is 3.36. The third-order valence-corrected chi connectivity index (χ3v) is 6.10. The second-order valence-electron chi connectivity index (χ2n) is 8.15. The highest BCUT2D eigenvalue weighted by Gasteiger charge is 2.39. The SMILES string of the molecule is Cc1nnc([C@H]2CC[C@@H]2c2nc3c(c(C#N)nn3[C@H](C)c3ccc(C(F)(F)F)nc3)c(=O)[nH]2)o1. The monoisotopic (exact) mass is 470 g/mol. The van der Waals surface area contributed by atoms with Gasteiger partial charge in [0, 0.05) is 25.0 Å². The van der Waals surface area contributed by atoms with Crippen molar-refractivity contribution in [1.29, 1.82) is 5.26 Å². The van der Waals surface area contributed by atoms with Crippen LogP contribution in [0.1, 0.15) is 72.2 Å². The van der Waals surface area contributed by atoms with Gasteiger partial charge in [-0.25, -0.2) is 9.67 Å². The van der Waals surface area contributed by atoms with E-state index in [0.29, 0.717) is 23.2 Å². The highest BCUT2D eigenvalue weighted by molar-refractivity contribution is 5.80. The lowest BCUT2D eigenvalue weighted by Crippen LogP contribution is -2.27. The molecule has 0 unspecified atom stereocenters. The summed E-state index contributed by atoms with van der Waals surface area (Å²) in [5, 5.41) is 21.7. The molecule has 1 aliphatic rings. The Morgan fingerprint density at radius 1 is 1.26 bits per heavy atom. The molecule has 0 aliphatic heterocycles. The maximum Gasteiger partial charge on any atom is 0.433 e. The van der Waals surface area contributed by atoms with Gasteiger partial charge in [0.05, 0.1) is 6.04 Å². The van der Waals surface area contributed by atoms with Crippen molar-refractivity contribution < 1.29 is 17.6 Å². The normalized spacial score (nSPS) is 19.1. The molecule has 0 bridgehead atoms. The molecule has 4 aromatic rings. The Morgan fingerprint density at radius 3 is 2.59 bits per heavy atom. The minimum Gasteiger partial charge on any atom is -0.425 e. The Hall–Kier alpha value is -4.08.